The summed E-state index contributed by atoms with van der Waals surface area (Å²) in [4.78, 5) is 9.64. The van der Waals surface area contributed by atoms with Gasteiger partial charge >= 0.3 is 0 Å². The number of hydrogen-bond acceptors (Lipinski definition) is 5. The molecule has 0 spiro atoms. The van der Waals surface area contributed by atoms with Crippen LogP contribution in [-0.2, 0) is 13.0 Å². The van der Waals surface area contributed by atoms with Crippen molar-refractivity contribution in [2.24, 2.45) is 0 Å². The van der Waals surface area contributed by atoms with Gasteiger partial charge in [-0.15, -0.1) is 0 Å². The maximum absolute atomic E-state index is 5.37. The molecule has 21 heavy (non-hydrogen) atoms. The number of hydrogen-bond donors (Lipinski definition) is 0. The number of piperazine rings is 1. The van der Waals surface area contributed by atoms with Gasteiger partial charge in [-0.25, -0.2) is 0 Å². The second-order valence-electron chi connectivity index (χ2n) is 6.46. The third-order valence-electron chi connectivity index (χ3n) is 4.87. The molecule has 1 aromatic heterocycles. The average Bonchev–Trinajstić information content (AvgIpc) is 3.17. The fraction of sp³-hybridized carbons (Fsp3) is 0.875. The maximum Gasteiger partial charge on any atom is 0.240 e. The molecule has 1 aliphatic carbocycles. The molecular weight excluding hydrogens is 264 g/mol. The normalized spacial score (nSPS) is 22.1. The molecule has 5 heteroatoms. The van der Waals surface area contributed by atoms with Crippen LogP contribution in [0, 0.1) is 0 Å². The lowest BCUT2D eigenvalue weighted by Gasteiger charge is -2.37. The fourth-order valence-electron chi connectivity index (χ4n) is 3.54. The molecule has 2 heterocycles. The zero-order valence-corrected chi connectivity index (χ0v) is 13.3. The first-order chi connectivity index (χ1) is 10.3. The zero-order valence-electron chi connectivity index (χ0n) is 13.3. The topological polar surface area (TPSA) is 45.4 Å². The number of aryl methyl sites for hydroxylation is 1. The first-order valence-corrected chi connectivity index (χ1v) is 8.63. The molecule has 1 aromatic rings. The summed E-state index contributed by atoms with van der Waals surface area (Å²) in [6.45, 7) is 7.65. The molecule has 0 amide bonds. The number of unbranched alkanes of at least 4 members (excludes halogenated alkanes) is 1. The van der Waals surface area contributed by atoms with Crippen LogP contribution in [0.25, 0.3) is 0 Å². The van der Waals surface area contributed by atoms with Crippen molar-refractivity contribution in [3.63, 3.8) is 0 Å². The molecule has 2 aliphatic rings. The van der Waals surface area contributed by atoms with E-state index in [1.54, 1.807) is 0 Å². The highest BCUT2D eigenvalue weighted by Crippen LogP contribution is 2.24. The molecule has 1 saturated carbocycles. The summed E-state index contributed by atoms with van der Waals surface area (Å²) in [5, 5.41) is 4.07. The molecular formula is C16H28N4O. The summed E-state index contributed by atoms with van der Waals surface area (Å²) < 4.78 is 5.37. The molecule has 0 bridgehead atoms. The van der Waals surface area contributed by atoms with Crippen LogP contribution in [0.2, 0.25) is 0 Å². The molecule has 1 saturated heterocycles. The number of nitrogens with zero attached hydrogens (tertiary/aromatic N) is 4. The van der Waals surface area contributed by atoms with Crippen LogP contribution in [0.4, 0.5) is 0 Å². The third kappa shape index (κ3) is 4.04. The minimum atomic E-state index is 0.787. The van der Waals surface area contributed by atoms with Crippen LogP contribution in [-0.4, -0.2) is 52.2 Å². The van der Waals surface area contributed by atoms with Gasteiger partial charge in [0.25, 0.3) is 0 Å². The molecule has 0 unspecified atom stereocenters. The highest BCUT2D eigenvalue weighted by Gasteiger charge is 2.26. The summed E-state index contributed by atoms with van der Waals surface area (Å²) in [5.74, 6) is 1.66. The summed E-state index contributed by atoms with van der Waals surface area (Å²) in [6.07, 6.45) is 8.91. The van der Waals surface area contributed by atoms with Crippen molar-refractivity contribution in [1.82, 2.24) is 19.9 Å². The van der Waals surface area contributed by atoms with E-state index in [0.717, 1.165) is 50.2 Å². The summed E-state index contributed by atoms with van der Waals surface area (Å²) >= 11 is 0. The molecule has 3 rings (SSSR count). The van der Waals surface area contributed by atoms with E-state index in [-0.39, 0.29) is 0 Å². The Bertz CT molecular complexity index is 420. The van der Waals surface area contributed by atoms with E-state index in [0.29, 0.717) is 0 Å². The Morgan fingerprint density at radius 3 is 2.62 bits per heavy atom. The van der Waals surface area contributed by atoms with Crippen LogP contribution in [0.15, 0.2) is 4.52 Å². The Morgan fingerprint density at radius 2 is 1.90 bits per heavy atom. The quantitative estimate of drug-likeness (QED) is 0.806. The van der Waals surface area contributed by atoms with Crippen molar-refractivity contribution >= 4 is 0 Å². The molecule has 0 radical (unpaired) electrons. The van der Waals surface area contributed by atoms with E-state index in [1.807, 2.05) is 0 Å². The minimum absolute atomic E-state index is 0.787. The SMILES string of the molecule is CCCCc1noc(CN2CCN(C3CCCC3)CC2)n1. The van der Waals surface area contributed by atoms with E-state index in [4.69, 9.17) is 4.52 Å². The molecule has 118 valence electrons. The van der Waals surface area contributed by atoms with Crippen molar-refractivity contribution < 1.29 is 4.52 Å². The Hall–Kier alpha value is -0.940. The Morgan fingerprint density at radius 1 is 1.14 bits per heavy atom. The minimum Gasteiger partial charge on any atom is -0.338 e. The number of rotatable bonds is 6. The Balaban J connectivity index is 1.43. The lowest BCUT2D eigenvalue weighted by atomic mass is 10.2. The predicted molar refractivity (Wildman–Crippen MR) is 82.0 cm³/mol. The lowest BCUT2D eigenvalue weighted by molar-refractivity contribution is 0.0868. The van der Waals surface area contributed by atoms with Gasteiger partial charge in [-0.05, 0) is 19.3 Å². The van der Waals surface area contributed by atoms with E-state index < -0.39 is 0 Å². The van der Waals surface area contributed by atoms with Crippen molar-refractivity contribution in [3.05, 3.63) is 11.7 Å². The van der Waals surface area contributed by atoms with Crippen molar-refractivity contribution in [3.8, 4) is 0 Å². The monoisotopic (exact) mass is 292 g/mol. The summed E-state index contributed by atoms with van der Waals surface area (Å²) in [5.41, 5.74) is 0. The van der Waals surface area contributed by atoms with Gasteiger partial charge in [0.2, 0.25) is 5.89 Å². The smallest absolute Gasteiger partial charge is 0.240 e. The van der Waals surface area contributed by atoms with E-state index in [9.17, 15) is 0 Å². The van der Waals surface area contributed by atoms with Gasteiger partial charge in [-0.1, -0.05) is 31.3 Å². The average molecular weight is 292 g/mol. The molecule has 2 fully saturated rings. The van der Waals surface area contributed by atoms with Crippen molar-refractivity contribution in [2.45, 2.75) is 64.5 Å². The highest BCUT2D eigenvalue weighted by molar-refractivity contribution is 4.88. The molecule has 0 atom stereocenters. The van der Waals surface area contributed by atoms with Gasteiger partial charge in [0, 0.05) is 38.6 Å². The largest absolute Gasteiger partial charge is 0.338 e. The molecule has 0 aromatic carbocycles. The van der Waals surface area contributed by atoms with E-state index in [1.165, 1.54) is 45.2 Å². The van der Waals surface area contributed by atoms with Crippen LogP contribution in [0.3, 0.4) is 0 Å². The summed E-state index contributed by atoms with van der Waals surface area (Å²) in [7, 11) is 0. The predicted octanol–water partition coefficient (Wildman–Crippen LogP) is 2.47. The number of aromatic nitrogens is 2. The Labute approximate surface area is 127 Å². The van der Waals surface area contributed by atoms with Crippen LogP contribution < -0.4 is 0 Å². The van der Waals surface area contributed by atoms with E-state index in [2.05, 4.69) is 26.9 Å². The van der Waals surface area contributed by atoms with Crippen LogP contribution in [0.5, 0.6) is 0 Å². The standard InChI is InChI=1S/C16H28N4O/c1-2-3-8-15-17-16(21-18-15)13-19-9-11-20(12-10-19)14-6-4-5-7-14/h14H,2-13H2,1H3. The van der Waals surface area contributed by atoms with Gasteiger partial charge in [0.15, 0.2) is 5.82 Å². The molecule has 0 N–H and O–H groups in total. The zero-order chi connectivity index (χ0) is 14.5. The van der Waals surface area contributed by atoms with Crippen LogP contribution in [0.1, 0.15) is 57.2 Å². The van der Waals surface area contributed by atoms with Gasteiger partial charge in [0.05, 0.1) is 6.54 Å². The first kappa shape index (κ1) is 15.0. The van der Waals surface area contributed by atoms with Crippen molar-refractivity contribution in [2.75, 3.05) is 26.2 Å². The molecule has 5 nitrogen and oxygen atoms in total. The second kappa shape index (κ2) is 7.36. The van der Waals surface area contributed by atoms with Crippen molar-refractivity contribution in [1.29, 1.82) is 0 Å². The summed E-state index contributed by atoms with van der Waals surface area (Å²) in [6, 6.07) is 0.858. The third-order valence-corrected chi connectivity index (χ3v) is 4.87. The van der Waals surface area contributed by atoms with Crippen LogP contribution >= 0.6 is 0 Å². The highest BCUT2D eigenvalue weighted by atomic mass is 16.5. The fourth-order valence-corrected chi connectivity index (χ4v) is 3.54. The first-order valence-electron chi connectivity index (χ1n) is 8.63. The molecule has 1 aliphatic heterocycles. The van der Waals surface area contributed by atoms with Gasteiger partial charge in [0.1, 0.15) is 0 Å². The van der Waals surface area contributed by atoms with Gasteiger partial charge in [-0.2, -0.15) is 4.98 Å². The Kier molecular flexibility index (Phi) is 5.25. The van der Waals surface area contributed by atoms with E-state index >= 15 is 0 Å². The van der Waals surface area contributed by atoms with Gasteiger partial charge in [-0.3, -0.25) is 9.80 Å². The lowest BCUT2D eigenvalue weighted by Crippen LogP contribution is -2.49. The van der Waals surface area contributed by atoms with Gasteiger partial charge < -0.3 is 4.52 Å². The maximum atomic E-state index is 5.37. The second-order valence-corrected chi connectivity index (χ2v) is 6.46.